The third kappa shape index (κ3) is 5.67. The lowest BCUT2D eigenvalue weighted by Gasteiger charge is -2.29. The summed E-state index contributed by atoms with van der Waals surface area (Å²) in [5, 5.41) is 0.684. The summed E-state index contributed by atoms with van der Waals surface area (Å²) >= 11 is 5.82. The molecule has 1 aliphatic carbocycles. The van der Waals surface area contributed by atoms with E-state index in [9.17, 15) is 4.79 Å². The van der Waals surface area contributed by atoms with E-state index >= 15 is 0 Å². The second kappa shape index (κ2) is 9.23. The van der Waals surface area contributed by atoms with E-state index in [1.54, 1.807) is 17.0 Å². The Morgan fingerprint density at radius 1 is 1.36 bits per heavy atom. The fourth-order valence-corrected chi connectivity index (χ4v) is 2.83. The molecule has 0 heterocycles. The molecule has 2 atom stereocenters. The molecule has 1 aromatic carbocycles. The van der Waals surface area contributed by atoms with Crippen LogP contribution in [0.2, 0.25) is 5.02 Å². The highest BCUT2D eigenvalue weighted by atomic mass is 35.5. The van der Waals surface area contributed by atoms with E-state index in [4.69, 9.17) is 22.1 Å². The minimum absolute atomic E-state index is 0. The quantitative estimate of drug-likeness (QED) is 0.890. The van der Waals surface area contributed by atoms with Crippen LogP contribution in [0.15, 0.2) is 24.3 Å². The molecule has 124 valence electrons. The van der Waals surface area contributed by atoms with Gasteiger partial charge in [-0.2, -0.15) is 0 Å². The Morgan fingerprint density at radius 2 is 2.05 bits per heavy atom. The van der Waals surface area contributed by atoms with Crippen molar-refractivity contribution in [2.24, 2.45) is 11.7 Å². The zero-order valence-electron chi connectivity index (χ0n) is 12.8. The number of halogens is 2. The number of nitrogens with zero attached hydrogens (tertiary/aromatic N) is 1. The van der Waals surface area contributed by atoms with Crippen molar-refractivity contribution >= 4 is 29.9 Å². The second-order valence-corrected chi connectivity index (χ2v) is 6.12. The summed E-state index contributed by atoms with van der Waals surface area (Å²) in [6, 6.07) is 7.39. The molecule has 2 unspecified atom stereocenters. The molecule has 1 fully saturated rings. The first-order chi connectivity index (χ1) is 10.1. The molecular formula is C16H24Cl2N2O2. The van der Waals surface area contributed by atoms with Crippen LogP contribution in [0.3, 0.4) is 0 Å². The van der Waals surface area contributed by atoms with E-state index in [-0.39, 0.29) is 30.3 Å². The molecule has 0 bridgehead atoms. The molecule has 0 radical (unpaired) electrons. The number of hydrogen-bond acceptors (Lipinski definition) is 3. The number of carbonyl (C=O) groups excluding carboxylic acids is 1. The Kier molecular flexibility index (Phi) is 8.01. The highest BCUT2D eigenvalue weighted by molar-refractivity contribution is 6.30. The Morgan fingerprint density at radius 3 is 2.68 bits per heavy atom. The van der Waals surface area contributed by atoms with Crippen LogP contribution in [-0.2, 0) is 4.79 Å². The SMILES string of the molecule is CN(CCOc1ccc(Cl)cc1)C(=O)C1CCCC(N)C1.Cl. The largest absolute Gasteiger partial charge is 0.492 e. The van der Waals surface area contributed by atoms with Gasteiger partial charge in [0.1, 0.15) is 12.4 Å². The average Bonchev–Trinajstić information content (AvgIpc) is 2.48. The summed E-state index contributed by atoms with van der Waals surface area (Å²) in [5.41, 5.74) is 5.95. The van der Waals surface area contributed by atoms with Crippen molar-refractivity contribution in [2.75, 3.05) is 20.2 Å². The normalized spacial score (nSPS) is 20.9. The topological polar surface area (TPSA) is 55.6 Å². The maximum Gasteiger partial charge on any atom is 0.225 e. The minimum Gasteiger partial charge on any atom is -0.492 e. The molecule has 22 heavy (non-hydrogen) atoms. The fourth-order valence-electron chi connectivity index (χ4n) is 2.70. The van der Waals surface area contributed by atoms with Crippen LogP contribution in [0.5, 0.6) is 5.75 Å². The predicted octanol–water partition coefficient (Wildman–Crippen LogP) is 3.12. The Labute approximate surface area is 143 Å². The highest BCUT2D eigenvalue weighted by Gasteiger charge is 2.27. The van der Waals surface area contributed by atoms with Crippen molar-refractivity contribution in [3.63, 3.8) is 0 Å². The van der Waals surface area contributed by atoms with Crippen LogP contribution in [-0.4, -0.2) is 37.0 Å². The number of carbonyl (C=O) groups is 1. The molecule has 0 spiro atoms. The standard InChI is InChI=1S/C16H23ClN2O2.ClH/c1-19(16(20)12-3-2-4-14(18)11-12)9-10-21-15-7-5-13(17)6-8-15;/h5-8,12,14H,2-4,9-11,18H2,1H3;1H. The van der Waals surface area contributed by atoms with Crippen LogP contribution >= 0.6 is 24.0 Å². The summed E-state index contributed by atoms with van der Waals surface area (Å²) < 4.78 is 5.61. The number of amides is 1. The molecular weight excluding hydrogens is 323 g/mol. The van der Waals surface area contributed by atoms with Crippen molar-refractivity contribution < 1.29 is 9.53 Å². The average molecular weight is 347 g/mol. The molecule has 0 aliphatic heterocycles. The van der Waals surface area contributed by atoms with Crippen molar-refractivity contribution in [1.29, 1.82) is 0 Å². The molecule has 0 aromatic heterocycles. The first-order valence-corrected chi connectivity index (χ1v) is 7.83. The van der Waals surface area contributed by atoms with Crippen LogP contribution in [0, 0.1) is 5.92 Å². The van der Waals surface area contributed by atoms with E-state index in [1.807, 2.05) is 19.2 Å². The van der Waals surface area contributed by atoms with Crippen molar-refractivity contribution in [2.45, 2.75) is 31.7 Å². The summed E-state index contributed by atoms with van der Waals surface area (Å²) in [6.45, 7) is 1.05. The molecule has 1 saturated carbocycles. The number of nitrogens with two attached hydrogens (primary N) is 1. The van der Waals surface area contributed by atoms with Gasteiger partial charge in [0.05, 0.1) is 6.54 Å². The van der Waals surface area contributed by atoms with Gasteiger partial charge in [-0.15, -0.1) is 12.4 Å². The number of rotatable bonds is 5. The van der Waals surface area contributed by atoms with Crippen molar-refractivity contribution in [3.05, 3.63) is 29.3 Å². The lowest BCUT2D eigenvalue weighted by atomic mass is 9.85. The molecule has 1 aromatic rings. The molecule has 1 aliphatic rings. The van der Waals surface area contributed by atoms with Crippen LogP contribution in [0.1, 0.15) is 25.7 Å². The molecule has 6 heteroatoms. The molecule has 2 rings (SSSR count). The van der Waals surface area contributed by atoms with Crippen molar-refractivity contribution in [3.8, 4) is 5.75 Å². The first kappa shape index (κ1) is 19.1. The minimum atomic E-state index is 0. The van der Waals surface area contributed by atoms with Gasteiger partial charge in [-0.3, -0.25) is 4.79 Å². The summed E-state index contributed by atoms with van der Waals surface area (Å²) in [7, 11) is 1.83. The zero-order chi connectivity index (χ0) is 15.2. The van der Waals surface area contributed by atoms with E-state index in [0.717, 1.165) is 31.4 Å². The molecule has 0 saturated heterocycles. The highest BCUT2D eigenvalue weighted by Crippen LogP contribution is 2.24. The van der Waals surface area contributed by atoms with Crippen LogP contribution in [0.25, 0.3) is 0 Å². The Balaban J connectivity index is 0.00000242. The summed E-state index contributed by atoms with van der Waals surface area (Å²) in [4.78, 5) is 14.1. The molecule has 2 N–H and O–H groups in total. The van der Waals surface area contributed by atoms with Gasteiger partial charge in [-0.25, -0.2) is 0 Å². The lowest BCUT2D eigenvalue weighted by molar-refractivity contribution is -0.135. The number of ether oxygens (including phenoxy) is 1. The van der Waals surface area contributed by atoms with Crippen molar-refractivity contribution in [1.82, 2.24) is 4.90 Å². The van der Waals surface area contributed by atoms with E-state index < -0.39 is 0 Å². The second-order valence-electron chi connectivity index (χ2n) is 5.69. The summed E-state index contributed by atoms with van der Waals surface area (Å²) in [6.07, 6.45) is 3.84. The first-order valence-electron chi connectivity index (χ1n) is 7.45. The molecule has 1 amide bonds. The van der Waals surface area contributed by atoms with E-state index in [0.29, 0.717) is 18.2 Å². The third-order valence-corrected chi connectivity index (χ3v) is 4.20. The number of hydrogen-bond donors (Lipinski definition) is 1. The van der Waals surface area contributed by atoms with Gasteiger partial charge in [-0.05, 0) is 43.5 Å². The Bertz CT molecular complexity index is 468. The zero-order valence-corrected chi connectivity index (χ0v) is 14.4. The number of benzene rings is 1. The lowest BCUT2D eigenvalue weighted by Crippen LogP contribution is -2.40. The van der Waals surface area contributed by atoms with E-state index in [1.165, 1.54) is 0 Å². The van der Waals surface area contributed by atoms with Crippen LogP contribution in [0.4, 0.5) is 0 Å². The smallest absolute Gasteiger partial charge is 0.225 e. The number of likely N-dealkylation sites (N-methyl/N-ethyl adjacent to an activating group) is 1. The fraction of sp³-hybridized carbons (Fsp3) is 0.562. The van der Waals surface area contributed by atoms with Crippen LogP contribution < -0.4 is 10.5 Å². The van der Waals surface area contributed by atoms with Gasteiger partial charge in [0.2, 0.25) is 5.91 Å². The van der Waals surface area contributed by atoms with Gasteiger partial charge in [-0.1, -0.05) is 18.0 Å². The Hall–Kier alpha value is -0.970. The van der Waals surface area contributed by atoms with Gasteiger partial charge >= 0.3 is 0 Å². The third-order valence-electron chi connectivity index (χ3n) is 3.95. The van der Waals surface area contributed by atoms with Gasteiger partial charge in [0, 0.05) is 24.0 Å². The maximum atomic E-state index is 12.3. The van der Waals surface area contributed by atoms with Gasteiger partial charge in [0.25, 0.3) is 0 Å². The van der Waals surface area contributed by atoms with E-state index in [2.05, 4.69) is 0 Å². The summed E-state index contributed by atoms with van der Waals surface area (Å²) in [5.74, 6) is 1.03. The maximum absolute atomic E-state index is 12.3. The monoisotopic (exact) mass is 346 g/mol. The van der Waals surface area contributed by atoms with Gasteiger partial charge in [0.15, 0.2) is 0 Å². The predicted molar refractivity (Wildman–Crippen MR) is 91.8 cm³/mol. The van der Waals surface area contributed by atoms with Gasteiger partial charge < -0.3 is 15.4 Å². The molecule has 4 nitrogen and oxygen atoms in total.